The Labute approximate surface area is 150 Å². The van der Waals surface area contributed by atoms with Crippen molar-refractivity contribution < 1.29 is 4.79 Å². The lowest BCUT2D eigenvalue weighted by Crippen LogP contribution is -2.47. The van der Waals surface area contributed by atoms with Gasteiger partial charge in [-0.3, -0.25) is 4.79 Å². The van der Waals surface area contributed by atoms with Gasteiger partial charge >= 0.3 is 0 Å². The van der Waals surface area contributed by atoms with Crippen LogP contribution in [0.1, 0.15) is 19.3 Å². The summed E-state index contributed by atoms with van der Waals surface area (Å²) in [4.78, 5) is 17.3. The fraction of sp³-hybridized carbons (Fsp3) is 0.588. The van der Waals surface area contributed by atoms with Gasteiger partial charge in [-0.25, -0.2) is 0 Å². The molecule has 1 atom stereocenters. The number of carbonyl (C=O) groups is 1. The molecule has 128 valence electrons. The lowest BCUT2D eigenvalue weighted by Gasteiger charge is -2.38. The number of nitrogens with zero attached hydrogens (tertiary/aromatic N) is 2. The van der Waals surface area contributed by atoms with E-state index in [-0.39, 0.29) is 30.7 Å². The first-order chi connectivity index (χ1) is 10.3. The highest BCUT2D eigenvalue weighted by Crippen LogP contribution is 2.38. The van der Waals surface area contributed by atoms with Crippen molar-refractivity contribution in [1.29, 1.82) is 0 Å². The van der Waals surface area contributed by atoms with E-state index in [0.717, 1.165) is 50.7 Å². The van der Waals surface area contributed by atoms with Crippen LogP contribution in [-0.2, 0) is 4.79 Å². The van der Waals surface area contributed by atoms with Gasteiger partial charge in [0.2, 0.25) is 5.91 Å². The summed E-state index contributed by atoms with van der Waals surface area (Å²) >= 11 is 0. The first-order valence-corrected chi connectivity index (χ1v) is 8.19. The van der Waals surface area contributed by atoms with Crippen molar-refractivity contribution in [2.24, 2.45) is 11.8 Å². The Morgan fingerprint density at radius 2 is 1.83 bits per heavy atom. The molecule has 4 rings (SSSR count). The third-order valence-electron chi connectivity index (χ3n) is 4.96. The van der Waals surface area contributed by atoms with Gasteiger partial charge in [-0.2, -0.15) is 0 Å². The van der Waals surface area contributed by atoms with Crippen LogP contribution >= 0.6 is 24.8 Å². The molecular formula is C17H25Cl2N3O. The van der Waals surface area contributed by atoms with Crippen molar-refractivity contribution in [2.75, 3.05) is 42.5 Å². The molecule has 1 saturated heterocycles. The maximum atomic E-state index is 12.8. The van der Waals surface area contributed by atoms with Crippen molar-refractivity contribution in [1.82, 2.24) is 5.32 Å². The van der Waals surface area contributed by atoms with Gasteiger partial charge in [-0.1, -0.05) is 12.1 Å². The normalized spacial score (nSPS) is 22.9. The molecule has 0 bridgehead atoms. The second-order valence-corrected chi connectivity index (χ2v) is 6.56. The maximum Gasteiger partial charge on any atom is 0.231 e. The Kier molecular flexibility index (Phi) is 6.18. The molecule has 1 unspecified atom stereocenters. The number of hydrogen-bond donors (Lipinski definition) is 1. The molecule has 1 aromatic carbocycles. The molecule has 1 aromatic rings. The number of anilines is 2. The lowest BCUT2D eigenvalue weighted by molar-refractivity contribution is -0.121. The fourth-order valence-electron chi connectivity index (χ4n) is 3.54. The van der Waals surface area contributed by atoms with Gasteiger partial charge in [-0.05, 0) is 43.9 Å². The van der Waals surface area contributed by atoms with Gasteiger partial charge < -0.3 is 15.1 Å². The van der Waals surface area contributed by atoms with Crippen molar-refractivity contribution in [3.63, 3.8) is 0 Å². The zero-order chi connectivity index (χ0) is 14.2. The van der Waals surface area contributed by atoms with Crippen LogP contribution in [0.5, 0.6) is 0 Å². The first kappa shape index (κ1) is 18.4. The molecule has 23 heavy (non-hydrogen) atoms. The number of para-hydroxylation sites is 2. The molecule has 3 aliphatic rings. The van der Waals surface area contributed by atoms with Crippen LogP contribution in [0.3, 0.4) is 0 Å². The van der Waals surface area contributed by atoms with E-state index in [1.54, 1.807) is 0 Å². The number of nitrogens with one attached hydrogen (secondary N) is 1. The van der Waals surface area contributed by atoms with Gasteiger partial charge in [0.05, 0.1) is 17.3 Å². The van der Waals surface area contributed by atoms with E-state index in [1.807, 2.05) is 11.0 Å². The summed E-state index contributed by atoms with van der Waals surface area (Å²) < 4.78 is 0. The Morgan fingerprint density at radius 3 is 2.48 bits per heavy atom. The monoisotopic (exact) mass is 357 g/mol. The summed E-state index contributed by atoms with van der Waals surface area (Å²) in [5, 5.41) is 3.30. The van der Waals surface area contributed by atoms with Crippen LogP contribution in [0.4, 0.5) is 11.4 Å². The van der Waals surface area contributed by atoms with Crippen LogP contribution in [0.15, 0.2) is 24.3 Å². The third-order valence-corrected chi connectivity index (χ3v) is 4.96. The first-order valence-electron chi connectivity index (χ1n) is 8.19. The number of rotatable bonds is 3. The van der Waals surface area contributed by atoms with Gasteiger partial charge in [0.15, 0.2) is 0 Å². The quantitative estimate of drug-likeness (QED) is 0.903. The van der Waals surface area contributed by atoms with E-state index < -0.39 is 0 Å². The molecule has 6 heteroatoms. The van der Waals surface area contributed by atoms with Crippen molar-refractivity contribution in [3.8, 4) is 0 Å². The molecule has 4 nitrogen and oxygen atoms in total. The summed E-state index contributed by atoms with van der Waals surface area (Å²) in [6, 6.07) is 8.41. The van der Waals surface area contributed by atoms with E-state index in [2.05, 4.69) is 28.4 Å². The van der Waals surface area contributed by atoms with E-state index >= 15 is 0 Å². The predicted octanol–water partition coefficient (Wildman–Crippen LogP) is 2.70. The Balaban J connectivity index is 0.000000960. The minimum atomic E-state index is 0. The molecule has 2 fully saturated rings. The van der Waals surface area contributed by atoms with Crippen molar-refractivity contribution in [3.05, 3.63) is 24.3 Å². The predicted molar refractivity (Wildman–Crippen MR) is 99.2 cm³/mol. The molecule has 1 N–H and O–H groups in total. The van der Waals surface area contributed by atoms with E-state index in [0.29, 0.717) is 5.91 Å². The molecule has 1 aliphatic carbocycles. The smallest absolute Gasteiger partial charge is 0.231 e. The zero-order valence-corrected chi connectivity index (χ0v) is 14.9. The largest absolute Gasteiger partial charge is 0.368 e. The average molecular weight is 358 g/mol. The molecular weight excluding hydrogens is 333 g/mol. The highest BCUT2D eigenvalue weighted by atomic mass is 35.5. The molecule has 0 spiro atoms. The van der Waals surface area contributed by atoms with E-state index in [1.165, 1.54) is 18.5 Å². The summed E-state index contributed by atoms with van der Waals surface area (Å²) in [5.74, 6) is 1.34. The Morgan fingerprint density at radius 1 is 1.09 bits per heavy atom. The molecule has 1 saturated carbocycles. The van der Waals surface area contributed by atoms with Crippen LogP contribution < -0.4 is 15.1 Å². The summed E-state index contributed by atoms with van der Waals surface area (Å²) in [5.41, 5.74) is 2.36. The highest BCUT2D eigenvalue weighted by Gasteiger charge is 2.34. The molecule has 2 aliphatic heterocycles. The zero-order valence-electron chi connectivity index (χ0n) is 13.2. The fourth-order valence-corrected chi connectivity index (χ4v) is 3.54. The van der Waals surface area contributed by atoms with Crippen molar-refractivity contribution >= 4 is 42.1 Å². The molecule has 0 aromatic heterocycles. The number of hydrogen-bond acceptors (Lipinski definition) is 3. The Bertz CT molecular complexity index is 544. The maximum absolute atomic E-state index is 12.8. The second kappa shape index (κ2) is 7.73. The Hall–Kier alpha value is -0.970. The van der Waals surface area contributed by atoms with Crippen molar-refractivity contribution in [2.45, 2.75) is 19.3 Å². The average Bonchev–Trinajstić information content (AvgIpc) is 3.16. The summed E-state index contributed by atoms with van der Waals surface area (Å²) in [6.45, 7) is 4.77. The lowest BCUT2D eigenvalue weighted by atomic mass is 10.0. The van der Waals surface area contributed by atoms with Crippen LogP contribution in [0.2, 0.25) is 0 Å². The van der Waals surface area contributed by atoms with Crippen LogP contribution in [0.25, 0.3) is 0 Å². The number of benzene rings is 1. The number of halogens is 2. The van der Waals surface area contributed by atoms with E-state index in [9.17, 15) is 4.79 Å². The number of amides is 1. The van der Waals surface area contributed by atoms with Gasteiger partial charge in [0.1, 0.15) is 0 Å². The number of fused-ring (bicyclic) bond motifs is 1. The third kappa shape index (κ3) is 3.76. The summed E-state index contributed by atoms with van der Waals surface area (Å²) in [7, 11) is 0. The minimum absolute atomic E-state index is 0. The van der Waals surface area contributed by atoms with Crippen LogP contribution in [0, 0.1) is 11.8 Å². The van der Waals surface area contributed by atoms with Gasteiger partial charge in [0, 0.05) is 26.2 Å². The SMILES string of the molecule is Cl.Cl.O=C(C1CCNC1)N1CCN(CC2CC2)c2ccccc21. The standard InChI is InChI=1S/C17H23N3O.2ClH/c21-17(14-7-8-18-11-14)20-10-9-19(12-13-5-6-13)15-3-1-2-4-16(15)20;;/h1-4,13-14,18H,5-12H2;2*1H. The molecule has 2 heterocycles. The topological polar surface area (TPSA) is 35.6 Å². The minimum Gasteiger partial charge on any atom is -0.368 e. The highest BCUT2D eigenvalue weighted by molar-refractivity contribution is 5.99. The number of carbonyl (C=O) groups excluding carboxylic acids is 1. The molecule has 1 amide bonds. The van der Waals surface area contributed by atoms with Gasteiger partial charge in [0.25, 0.3) is 0 Å². The second-order valence-electron chi connectivity index (χ2n) is 6.56. The van der Waals surface area contributed by atoms with E-state index in [4.69, 9.17) is 0 Å². The summed E-state index contributed by atoms with van der Waals surface area (Å²) in [6.07, 6.45) is 3.72. The molecule has 0 radical (unpaired) electrons. The van der Waals surface area contributed by atoms with Crippen LogP contribution in [-0.4, -0.2) is 38.6 Å². The van der Waals surface area contributed by atoms with Gasteiger partial charge in [-0.15, -0.1) is 24.8 Å².